The molecule has 3 aromatic rings. The monoisotopic (exact) mass is 347 g/mol. The minimum Gasteiger partial charge on any atom is -0.299 e. The third-order valence-electron chi connectivity index (χ3n) is 5.03. The van der Waals surface area contributed by atoms with Gasteiger partial charge in [-0.1, -0.05) is 85.6 Å². The maximum atomic E-state index is 6.24. The number of fused-ring (bicyclic) bond motifs is 3. The molecule has 1 aliphatic carbocycles. The van der Waals surface area contributed by atoms with Gasteiger partial charge < -0.3 is 0 Å². The van der Waals surface area contributed by atoms with Crippen molar-refractivity contribution in [2.75, 3.05) is 0 Å². The lowest BCUT2D eigenvalue weighted by molar-refractivity contribution is 0.459. The second-order valence-electron chi connectivity index (χ2n) is 6.67. The molecule has 1 N–H and O–H groups in total. The number of hydrogen-bond acceptors (Lipinski definition) is 1. The molecule has 25 heavy (non-hydrogen) atoms. The molecule has 0 spiro atoms. The van der Waals surface area contributed by atoms with Gasteiger partial charge >= 0.3 is 0 Å². The first-order valence-corrected chi connectivity index (χ1v) is 9.35. The van der Waals surface area contributed by atoms with E-state index in [1.807, 2.05) is 12.1 Å². The second kappa shape index (κ2) is 7.03. The Kier molecular flexibility index (Phi) is 4.61. The van der Waals surface area contributed by atoms with E-state index < -0.39 is 0 Å². The van der Waals surface area contributed by atoms with Crippen molar-refractivity contribution >= 4 is 11.6 Å². The third kappa shape index (κ3) is 3.10. The summed E-state index contributed by atoms with van der Waals surface area (Å²) in [6.45, 7) is 2.23. The highest BCUT2D eigenvalue weighted by Crippen LogP contribution is 2.44. The van der Waals surface area contributed by atoms with Crippen LogP contribution in [-0.4, -0.2) is 0 Å². The van der Waals surface area contributed by atoms with Gasteiger partial charge in [-0.25, -0.2) is 0 Å². The van der Waals surface area contributed by atoms with Crippen molar-refractivity contribution in [3.63, 3.8) is 0 Å². The first-order valence-electron chi connectivity index (χ1n) is 8.97. The van der Waals surface area contributed by atoms with E-state index in [4.69, 9.17) is 11.6 Å². The third-order valence-corrected chi connectivity index (χ3v) is 5.27. The van der Waals surface area contributed by atoms with Gasteiger partial charge in [-0.3, -0.25) is 5.32 Å². The van der Waals surface area contributed by atoms with Crippen molar-refractivity contribution in [2.45, 2.75) is 31.8 Å². The number of benzene rings is 3. The van der Waals surface area contributed by atoms with Gasteiger partial charge in [-0.05, 0) is 46.4 Å². The Bertz CT molecular complexity index is 841. The van der Waals surface area contributed by atoms with Crippen LogP contribution in [0.2, 0.25) is 5.02 Å². The van der Waals surface area contributed by atoms with Gasteiger partial charge in [0.15, 0.2) is 0 Å². The van der Waals surface area contributed by atoms with Crippen LogP contribution in [0.15, 0.2) is 72.8 Å². The maximum absolute atomic E-state index is 6.24. The zero-order chi connectivity index (χ0) is 17.2. The van der Waals surface area contributed by atoms with Crippen LogP contribution >= 0.6 is 11.6 Å². The second-order valence-corrected chi connectivity index (χ2v) is 7.11. The summed E-state index contributed by atoms with van der Waals surface area (Å²) in [5, 5.41) is 4.71. The number of hydrogen-bond donors (Lipinski definition) is 1. The molecule has 126 valence electrons. The van der Waals surface area contributed by atoms with Gasteiger partial charge in [-0.2, -0.15) is 0 Å². The van der Waals surface area contributed by atoms with E-state index in [1.165, 1.54) is 27.8 Å². The van der Waals surface area contributed by atoms with E-state index in [2.05, 4.69) is 72.9 Å². The minimum absolute atomic E-state index is 0.225. The Hall–Kier alpha value is -2.09. The number of halogens is 1. The molecule has 0 radical (unpaired) electrons. The SMILES string of the molecule is CCC[C@H](NC1c2ccccc2-c2ccccc21)c1cccc(Cl)c1. The fourth-order valence-electron chi connectivity index (χ4n) is 3.89. The molecule has 0 bridgehead atoms. The zero-order valence-corrected chi connectivity index (χ0v) is 15.1. The molecule has 0 aliphatic heterocycles. The van der Waals surface area contributed by atoms with Crippen LogP contribution in [0.1, 0.15) is 48.5 Å². The molecule has 0 heterocycles. The minimum atomic E-state index is 0.225. The molecule has 0 amide bonds. The van der Waals surface area contributed by atoms with E-state index in [1.54, 1.807) is 0 Å². The summed E-state index contributed by atoms with van der Waals surface area (Å²) in [5.74, 6) is 0. The quantitative estimate of drug-likeness (QED) is 0.552. The fraction of sp³-hybridized carbons (Fsp3) is 0.217. The molecule has 0 saturated heterocycles. The van der Waals surface area contributed by atoms with Crippen molar-refractivity contribution in [3.8, 4) is 11.1 Å². The lowest BCUT2D eigenvalue weighted by Crippen LogP contribution is -2.26. The Labute approximate surface area is 154 Å². The fourth-order valence-corrected chi connectivity index (χ4v) is 4.09. The average molecular weight is 348 g/mol. The van der Waals surface area contributed by atoms with Crippen LogP contribution in [-0.2, 0) is 0 Å². The van der Waals surface area contributed by atoms with Gasteiger partial charge in [0.25, 0.3) is 0 Å². The summed E-state index contributed by atoms with van der Waals surface area (Å²) in [6.07, 6.45) is 2.21. The van der Waals surface area contributed by atoms with Crippen molar-refractivity contribution in [1.29, 1.82) is 0 Å². The van der Waals surface area contributed by atoms with Crippen molar-refractivity contribution in [1.82, 2.24) is 5.32 Å². The average Bonchev–Trinajstić information content (AvgIpc) is 2.96. The van der Waals surface area contributed by atoms with Gasteiger partial charge in [-0.15, -0.1) is 0 Å². The summed E-state index contributed by atoms with van der Waals surface area (Å²) < 4.78 is 0. The standard InChI is InChI=1S/C23H22ClN/c1-2-8-22(16-9-7-10-17(24)15-16)25-23-20-13-5-3-11-18(20)19-12-4-6-14-21(19)23/h3-7,9-15,22-23,25H,2,8H2,1H3/t22-/m0/s1. The molecule has 0 aromatic heterocycles. The Morgan fingerprint density at radius 3 is 2.12 bits per heavy atom. The van der Waals surface area contributed by atoms with Gasteiger partial charge in [0.05, 0.1) is 6.04 Å². The molecule has 0 saturated carbocycles. The van der Waals surface area contributed by atoms with Crippen LogP contribution < -0.4 is 5.32 Å². The Morgan fingerprint density at radius 2 is 1.52 bits per heavy atom. The summed E-state index contributed by atoms with van der Waals surface area (Å²) in [5.41, 5.74) is 6.68. The van der Waals surface area contributed by atoms with E-state index >= 15 is 0 Å². The lowest BCUT2D eigenvalue weighted by Gasteiger charge is -2.25. The summed E-state index contributed by atoms with van der Waals surface area (Å²) in [4.78, 5) is 0. The molecule has 3 aromatic carbocycles. The molecule has 4 rings (SSSR count). The molecular formula is C23H22ClN. The Balaban J connectivity index is 1.73. The summed E-state index contributed by atoms with van der Waals surface area (Å²) >= 11 is 6.24. The molecule has 0 unspecified atom stereocenters. The molecular weight excluding hydrogens is 326 g/mol. The van der Waals surface area contributed by atoms with Crippen molar-refractivity contribution in [2.24, 2.45) is 0 Å². The predicted molar refractivity (Wildman–Crippen MR) is 106 cm³/mol. The molecule has 2 heteroatoms. The molecule has 1 aliphatic rings. The van der Waals surface area contributed by atoms with E-state index in [0.717, 1.165) is 17.9 Å². The number of rotatable bonds is 5. The van der Waals surface area contributed by atoms with Gasteiger partial charge in [0.2, 0.25) is 0 Å². The van der Waals surface area contributed by atoms with Crippen LogP contribution in [0.3, 0.4) is 0 Å². The summed E-state index contributed by atoms with van der Waals surface area (Å²) in [7, 11) is 0. The first kappa shape index (κ1) is 16.4. The summed E-state index contributed by atoms with van der Waals surface area (Å²) in [6, 6.07) is 26.2. The van der Waals surface area contributed by atoms with Crippen LogP contribution in [0.5, 0.6) is 0 Å². The molecule has 1 nitrogen and oxygen atoms in total. The number of nitrogens with one attached hydrogen (secondary N) is 1. The first-order chi connectivity index (χ1) is 12.3. The van der Waals surface area contributed by atoms with Crippen LogP contribution in [0, 0.1) is 0 Å². The molecule has 1 atom stereocenters. The zero-order valence-electron chi connectivity index (χ0n) is 14.4. The van der Waals surface area contributed by atoms with Crippen molar-refractivity contribution in [3.05, 3.63) is 94.5 Å². The van der Waals surface area contributed by atoms with E-state index in [-0.39, 0.29) is 12.1 Å². The smallest absolute Gasteiger partial charge is 0.0593 e. The van der Waals surface area contributed by atoms with E-state index in [9.17, 15) is 0 Å². The van der Waals surface area contributed by atoms with Crippen molar-refractivity contribution < 1.29 is 0 Å². The van der Waals surface area contributed by atoms with Crippen LogP contribution in [0.4, 0.5) is 0 Å². The van der Waals surface area contributed by atoms with E-state index in [0.29, 0.717) is 0 Å². The topological polar surface area (TPSA) is 12.0 Å². The van der Waals surface area contributed by atoms with Crippen LogP contribution in [0.25, 0.3) is 11.1 Å². The molecule has 0 fully saturated rings. The highest BCUT2D eigenvalue weighted by molar-refractivity contribution is 6.30. The normalized spacial score (nSPS) is 14.2. The largest absolute Gasteiger partial charge is 0.299 e. The van der Waals surface area contributed by atoms with Gasteiger partial charge in [0, 0.05) is 11.1 Å². The maximum Gasteiger partial charge on any atom is 0.0593 e. The predicted octanol–water partition coefficient (Wildman–Crippen LogP) is 6.54. The Morgan fingerprint density at radius 1 is 0.880 bits per heavy atom. The lowest BCUT2D eigenvalue weighted by atomic mass is 9.98. The highest BCUT2D eigenvalue weighted by atomic mass is 35.5. The highest BCUT2D eigenvalue weighted by Gasteiger charge is 2.29. The van der Waals surface area contributed by atoms with Gasteiger partial charge in [0.1, 0.15) is 0 Å².